The first kappa shape index (κ1) is 16.3. The predicted molar refractivity (Wildman–Crippen MR) is 77.2 cm³/mol. The molecule has 0 radical (unpaired) electrons. The van der Waals surface area contributed by atoms with E-state index in [0.29, 0.717) is 11.5 Å². The van der Waals surface area contributed by atoms with Gasteiger partial charge < -0.3 is 19.9 Å². The highest BCUT2D eigenvalue weighted by molar-refractivity contribution is 5.71. The molecule has 1 aromatic rings. The van der Waals surface area contributed by atoms with Crippen molar-refractivity contribution in [1.29, 1.82) is 0 Å². The van der Waals surface area contributed by atoms with Gasteiger partial charge in [-0.1, -0.05) is 19.1 Å². The average molecular weight is 281 g/mol. The van der Waals surface area contributed by atoms with Crippen LogP contribution < -0.4 is 15.2 Å². The Morgan fingerprint density at radius 1 is 1.25 bits per heavy atom. The summed E-state index contributed by atoms with van der Waals surface area (Å²) in [4.78, 5) is 11.6. The van der Waals surface area contributed by atoms with Crippen LogP contribution in [0.3, 0.4) is 0 Å². The topological polar surface area (TPSA) is 70.8 Å². The van der Waals surface area contributed by atoms with E-state index in [1.165, 1.54) is 7.11 Å². The summed E-state index contributed by atoms with van der Waals surface area (Å²) >= 11 is 0. The number of carbonyl (C=O) groups excluding carboxylic acids is 1. The van der Waals surface area contributed by atoms with Crippen molar-refractivity contribution in [3.63, 3.8) is 0 Å². The van der Waals surface area contributed by atoms with Gasteiger partial charge in [-0.15, -0.1) is 0 Å². The summed E-state index contributed by atoms with van der Waals surface area (Å²) in [6.45, 7) is 1.99. The van der Waals surface area contributed by atoms with Crippen LogP contribution in [-0.2, 0) is 9.53 Å². The van der Waals surface area contributed by atoms with Gasteiger partial charge in [0.25, 0.3) is 0 Å². The Balaban J connectivity index is 3.22. The van der Waals surface area contributed by atoms with E-state index in [1.54, 1.807) is 14.2 Å². The van der Waals surface area contributed by atoms with Gasteiger partial charge in [-0.3, -0.25) is 4.79 Å². The molecular formula is C15H23NO4. The summed E-state index contributed by atoms with van der Waals surface area (Å²) in [5.41, 5.74) is 7.03. The monoisotopic (exact) mass is 281 g/mol. The zero-order valence-corrected chi connectivity index (χ0v) is 12.5. The van der Waals surface area contributed by atoms with Crippen LogP contribution in [0.15, 0.2) is 18.2 Å². The van der Waals surface area contributed by atoms with Crippen molar-refractivity contribution < 1.29 is 19.0 Å². The van der Waals surface area contributed by atoms with Gasteiger partial charge in [0.15, 0.2) is 11.5 Å². The van der Waals surface area contributed by atoms with E-state index in [0.717, 1.165) is 12.0 Å². The minimum atomic E-state index is -0.288. The molecule has 0 spiro atoms. The van der Waals surface area contributed by atoms with Gasteiger partial charge in [0.05, 0.1) is 27.8 Å². The number of rotatable bonds is 7. The van der Waals surface area contributed by atoms with Gasteiger partial charge in [0, 0.05) is 17.5 Å². The zero-order chi connectivity index (χ0) is 15.1. The summed E-state index contributed by atoms with van der Waals surface area (Å²) in [5, 5.41) is 0. The number of para-hydroxylation sites is 1. The second-order valence-corrected chi connectivity index (χ2v) is 4.54. The Kier molecular flexibility index (Phi) is 6.31. The summed E-state index contributed by atoms with van der Waals surface area (Å²) in [5.74, 6) is 0.789. The number of methoxy groups -OCH3 is 3. The molecule has 1 aromatic carbocycles. The fourth-order valence-corrected chi connectivity index (χ4v) is 2.24. The van der Waals surface area contributed by atoms with Crippen molar-refractivity contribution in [2.24, 2.45) is 5.73 Å². The molecule has 0 bridgehead atoms. The van der Waals surface area contributed by atoms with Crippen LogP contribution in [0.4, 0.5) is 0 Å². The summed E-state index contributed by atoms with van der Waals surface area (Å²) in [7, 11) is 4.53. The Hall–Kier alpha value is -1.75. The van der Waals surface area contributed by atoms with E-state index in [-0.39, 0.29) is 24.3 Å². The van der Waals surface area contributed by atoms with E-state index in [1.807, 2.05) is 25.1 Å². The molecule has 0 amide bonds. The maximum atomic E-state index is 11.6. The predicted octanol–water partition coefficient (Wildman–Crippen LogP) is 2.09. The number of carbonyl (C=O) groups is 1. The van der Waals surface area contributed by atoms with Crippen LogP contribution in [0.25, 0.3) is 0 Å². The SMILES string of the molecule is CCC(N)C(CC(=O)OC)c1cccc(OC)c1OC. The molecule has 20 heavy (non-hydrogen) atoms. The third-order valence-electron chi connectivity index (χ3n) is 3.44. The smallest absolute Gasteiger partial charge is 0.306 e. The lowest BCUT2D eigenvalue weighted by atomic mass is 9.87. The molecule has 0 saturated carbocycles. The Labute approximate surface area is 120 Å². The molecule has 5 nitrogen and oxygen atoms in total. The first-order valence-corrected chi connectivity index (χ1v) is 6.62. The van der Waals surface area contributed by atoms with E-state index in [2.05, 4.69) is 0 Å². The molecule has 0 aromatic heterocycles. The number of nitrogens with two attached hydrogens (primary N) is 1. The summed E-state index contributed by atoms with van der Waals surface area (Å²) in [6, 6.07) is 5.43. The molecule has 0 fully saturated rings. The van der Waals surface area contributed by atoms with Crippen LogP contribution >= 0.6 is 0 Å². The fourth-order valence-electron chi connectivity index (χ4n) is 2.24. The fraction of sp³-hybridized carbons (Fsp3) is 0.533. The lowest BCUT2D eigenvalue weighted by Crippen LogP contribution is -2.30. The Morgan fingerprint density at radius 2 is 1.95 bits per heavy atom. The molecule has 112 valence electrons. The first-order valence-electron chi connectivity index (χ1n) is 6.62. The van der Waals surface area contributed by atoms with E-state index >= 15 is 0 Å². The molecule has 0 aliphatic heterocycles. The van der Waals surface area contributed by atoms with Crippen LogP contribution in [0.2, 0.25) is 0 Å². The second-order valence-electron chi connectivity index (χ2n) is 4.54. The lowest BCUT2D eigenvalue weighted by molar-refractivity contribution is -0.141. The van der Waals surface area contributed by atoms with Crippen molar-refractivity contribution in [2.45, 2.75) is 31.7 Å². The molecule has 0 aliphatic rings. The van der Waals surface area contributed by atoms with E-state index in [9.17, 15) is 4.79 Å². The number of esters is 1. The van der Waals surface area contributed by atoms with Gasteiger partial charge >= 0.3 is 5.97 Å². The molecule has 0 aliphatic carbocycles. The molecule has 5 heteroatoms. The largest absolute Gasteiger partial charge is 0.493 e. The maximum Gasteiger partial charge on any atom is 0.306 e. The molecule has 1 rings (SSSR count). The van der Waals surface area contributed by atoms with Gasteiger partial charge in [-0.05, 0) is 12.5 Å². The van der Waals surface area contributed by atoms with E-state index in [4.69, 9.17) is 19.9 Å². The number of hydrogen-bond acceptors (Lipinski definition) is 5. The van der Waals surface area contributed by atoms with Crippen molar-refractivity contribution in [3.05, 3.63) is 23.8 Å². The van der Waals surface area contributed by atoms with E-state index < -0.39 is 0 Å². The molecule has 2 atom stereocenters. The minimum absolute atomic E-state index is 0.157. The van der Waals surface area contributed by atoms with Gasteiger partial charge in [-0.2, -0.15) is 0 Å². The zero-order valence-electron chi connectivity index (χ0n) is 12.5. The number of hydrogen-bond donors (Lipinski definition) is 1. The van der Waals surface area contributed by atoms with Crippen LogP contribution in [0, 0.1) is 0 Å². The standard InChI is InChI=1S/C15H23NO4/c1-5-12(16)11(9-14(17)19-3)10-7-6-8-13(18-2)15(10)20-4/h6-8,11-12H,5,9,16H2,1-4H3. The second kappa shape index (κ2) is 7.75. The third kappa shape index (κ3) is 3.63. The maximum absolute atomic E-state index is 11.6. The van der Waals surface area contributed by atoms with Gasteiger partial charge in [-0.25, -0.2) is 0 Å². The Bertz CT molecular complexity index is 447. The van der Waals surface area contributed by atoms with Crippen molar-refractivity contribution >= 4 is 5.97 Å². The highest BCUT2D eigenvalue weighted by Gasteiger charge is 2.26. The summed E-state index contributed by atoms with van der Waals surface area (Å²) in [6.07, 6.45) is 0.969. The third-order valence-corrected chi connectivity index (χ3v) is 3.44. The average Bonchev–Trinajstić information content (AvgIpc) is 2.50. The molecule has 0 heterocycles. The molecule has 2 unspecified atom stereocenters. The van der Waals surface area contributed by atoms with Crippen LogP contribution in [-0.4, -0.2) is 33.3 Å². The van der Waals surface area contributed by atoms with Crippen molar-refractivity contribution in [3.8, 4) is 11.5 Å². The van der Waals surface area contributed by atoms with Gasteiger partial charge in [0.2, 0.25) is 0 Å². The molecular weight excluding hydrogens is 258 g/mol. The van der Waals surface area contributed by atoms with Crippen LogP contribution in [0.1, 0.15) is 31.2 Å². The molecule has 0 saturated heterocycles. The normalized spacial score (nSPS) is 13.4. The lowest BCUT2D eigenvalue weighted by Gasteiger charge is -2.25. The summed E-state index contributed by atoms with van der Waals surface area (Å²) < 4.78 is 15.5. The quantitative estimate of drug-likeness (QED) is 0.775. The minimum Gasteiger partial charge on any atom is -0.493 e. The van der Waals surface area contributed by atoms with Crippen molar-refractivity contribution in [2.75, 3.05) is 21.3 Å². The Morgan fingerprint density at radius 3 is 2.45 bits per heavy atom. The molecule has 2 N–H and O–H groups in total. The highest BCUT2D eigenvalue weighted by atomic mass is 16.5. The first-order chi connectivity index (χ1) is 9.58. The van der Waals surface area contributed by atoms with Crippen molar-refractivity contribution in [1.82, 2.24) is 0 Å². The van der Waals surface area contributed by atoms with Gasteiger partial charge in [0.1, 0.15) is 0 Å². The highest BCUT2D eigenvalue weighted by Crippen LogP contribution is 2.38. The number of ether oxygens (including phenoxy) is 3. The number of benzene rings is 1. The van der Waals surface area contributed by atoms with Crippen LogP contribution in [0.5, 0.6) is 11.5 Å².